The fraction of sp³-hybridized carbons (Fsp3) is 0.643. The number of hydrogen-bond acceptors (Lipinski definition) is 4. The van der Waals surface area contributed by atoms with Crippen LogP contribution in [0.1, 0.15) is 49.1 Å². The number of nitrogens with one attached hydrogen (secondary N) is 1. The molecule has 2 rings (SSSR count). The van der Waals surface area contributed by atoms with Crippen LogP contribution in [-0.2, 0) is 16.0 Å². The first-order valence-electron chi connectivity index (χ1n) is 6.87. The van der Waals surface area contributed by atoms with Crippen LogP contribution >= 0.6 is 27.3 Å². The summed E-state index contributed by atoms with van der Waals surface area (Å²) in [5.74, 6) is -0.0908. The van der Waals surface area contributed by atoms with Crippen molar-refractivity contribution in [3.8, 4) is 0 Å². The van der Waals surface area contributed by atoms with E-state index in [4.69, 9.17) is 4.74 Å². The Morgan fingerprint density at radius 2 is 2.47 bits per heavy atom. The van der Waals surface area contributed by atoms with Gasteiger partial charge in [-0.05, 0) is 66.7 Å². The minimum absolute atomic E-state index is 0.0908. The van der Waals surface area contributed by atoms with Crippen LogP contribution in [0.2, 0.25) is 0 Å². The molecule has 0 radical (unpaired) electrons. The van der Waals surface area contributed by atoms with Crippen molar-refractivity contribution in [3.63, 3.8) is 0 Å². The van der Waals surface area contributed by atoms with Crippen LogP contribution < -0.4 is 5.32 Å². The molecular formula is C14H20BrNO2S. The first-order valence-corrected chi connectivity index (χ1v) is 8.48. The van der Waals surface area contributed by atoms with Crippen molar-refractivity contribution >= 4 is 33.2 Å². The third-order valence-electron chi connectivity index (χ3n) is 3.34. The van der Waals surface area contributed by atoms with Gasteiger partial charge in [0.1, 0.15) is 0 Å². The van der Waals surface area contributed by atoms with Gasteiger partial charge in [-0.15, -0.1) is 11.3 Å². The molecule has 0 saturated carbocycles. The van der Waals surface area contributed by atoms with Crippen LogP contribution in [0.15, 0.2) is 9.85 Å². The van der Waals surface area contributed by atoms with Gasteiger partial charge in [0.25, 0.3) is 0 Å². The summed E-state index contributed by atoms with van der Waals surface area (Å²) in [6.07, 6.45) is 4.99. The molecule has 0 aliphatic heterocycles. The maximum atomic E-state index is 11.2. The number of aryl methyl sites for hydroxylation is 1. The zero-order chi connectivity index (χ0) is 13.7. The molecule has 106 valence electrons. The lowest BCUT2D eigenvalue weighted by Gasteiger charge is -2.23. The summed E-state index contributed by atoms with van der Waals surface area (Å²) < 4.78 is 6.14. The quantitative estimate of drug-likeness (QED) is 0.629. The second kappa shape index (κ2) is 7.41. The lowest BCUT2D eigenvalue weighted by molar-refractivity contribution is -0.143. The van der Waals surface area contributed by atoms with E-state index in [1.165, 1.54) is 33.5 Å². The summed E-state index contributed by atoms with van der Waals surface area (Å²) in [5.41, 5.74) is 1.44. The highest BCUT2D eigenvalue weighted by Gasteiger charge is 2.21. The molecule has 0 amide bonds. The summed E-state index contributed by atoms with van der Waals surface area (Å²) in [6, 6.07) is 2.69. The average Bonchev–Trinajstić information content (AvgIpc) is 2.76. The highest BCUT2D eigenvalue weighted by molar-refractivity contribution is 9.11. The molecular weight excluding hydrogens is 326 g/mol. The zero-order valence-corrected chi connectivity index (χ0v) is 13.6. The summed E-state index contributed by atoms with van der Waals surface area (Å²) >= 11 is 5.41. The highest BCUT2D eigenvalue weighted by atomic mass is 79.9. The van der Waals surface area contributed by atoms with E-state index < -0.39 is 0 Å². The van der Waals surface area contributed by atoms with E-state index in [1.54, 1.807) is 0 Å². The molecule has 19 heavy (non-hydrogen) atoms. The summed E-state index contributed by atoms with van der Waals surface area (Å²) in [4.78, 5) is 12.7. The van der Waals surface area contributed by atoms with Crippen molar-refractivity contribution in [2.24, 2.45) is 0 Å². The molecule has 0 saturated heterocycles. The van der Waals surface area contributed by atoms with E-state index in [1.807, 2.05) is 18.3 Å². The Labute approximate surface area is 126 Å². The standard InChI is InChI=1S/C14H20BrNO2S/c1-2-18-14(17)7-4-8-16-11-5-3-6-12-10(11)9-13(15)19-12/h9,11,16H,2-8H2,1H3. The van der Waals surface area contributed by atoms with Gasteiger partial charge in [-0.3, -0.25) is 4.79 Å². The molecule has 1 unspecified atom stereocenters. The fourth-order valence-corrected chi connectivity index (χ4v) is 4.30. The molecule has 1 aromatic rings. The Morgan fingerprint density at radius 1 is 1.63 bits per heavy atom. The van der Waals surface area contributed by atoms with E-state index in [0.29, 0.717) is 19.1 Å². The number of hydrogen-bond donors (Lipinski definition) is 1. The first-order chi connectivity index (χ1) is 9.20. The van der Waals surface area contributed by atoms with Gasteiger partial charge >= 0.3 is 5.97 Å². The number of esters is 1. The third-order valence-corrected chi connectivity index (χ3v) is 5.05. The molecule has 1 aliphatic rings. The number of carbonyl (C=O) groups excluding carboxylic acids is 1. The van der Waals surface area contributed by atoms with Crippen molar-refractivity contribution in [1.29, 1.82) is 0 Å². The second-order valence-electron chi connectivity index (χ2n) is 4.74. The molecule has 1 heterocycles. The van der Waals surface area contributed by atoms with Gasteiger partial charge < -0.3 is 10.1 Å². The molecule has 0 aromatic carbocycles. The third kappa shape index (κ3) is 4.29. The number of ether oxygens (including phenoxy) is 1. The lowest BCUT2D eigenvalue weighted by Crippen LogP contribution is -2.25. The van der Waals surface area contributed by atoms with Crippen molar-refractivity contribution < 1.29 is 9.53 Å². The second-order valence-corrected chi connectivity index (χ2v) is 7.25. The van der Waals surface area contributed by atoms with Crippen LogP contribution in [0.25, 0.3) is 0 Å². The van der Waals surface area contributed by atoms with Gasteiger partial charge in [-0.25, -0.2) is 0 Å². The largest absolute Gasteiger partial charge is 0.466 e. The number of halogens is 1. The lowest BCUT2D eigenvalue weighted by atomic mass is 9.94. The smallest absolute Gasteiger partial charge is 0.305 e. The predicted molar refractivity (Wildman–Crippen MR) is 81.6 cm³/mol. The first kappa shape index (κ1) is 15.0. The summed E-state index contributed by atoms with van der Waals surface area (Å²) in [6.45, 7) is 3.19. The Bertz CT molecular complexity index is 433. The van der Waals surface area contributed by atoms with Gasteiger partial charge in [0.05, 0.1) is 10.4 Å². The molecule has 0 fully saturated rings. The van der Waals surface area contributed by atoms with Gasteiger partial charge in [0, 0.05) is 17.3 Å². The van der Waals surface area contributed by atoms with Crippen LogP contribution in [0.4, 0.5) is 0 Å². The maximum absolute atomic E-state index is 11.2. The van der Waals surface area contributed by atoms with Crippen LogP contribution in [0, 0.1) is 0 Å². The molecule has 3 nitrogen and oxygen atoms in total. The Kier molecular flexibility index (Phi) is 5.85. The minimum Gasteiger partial charge on any atom is -0.466 e. The monoisotopic (exact) mass is 345 g/mol. The van der Waals surface area contributed by atoms with E-state index in [-0.39, 0.29) is 5.97 Å². The normalized spacial score (nSPS) is 18.1. The zero-order valence-electron chi connectivity index (χ0n) is 11.2. The van der Waals surface area contributed by atoms with Gasteiger partial charge in [0.15, 0.2) is 0 Å². The van der Waals surface area contributed by atoms with Crippen molar-refractivity contribution in [2.75, 3.05) is 13.2 Å². The van der Waals surface area contributed by atoms with Gasteiger partial charge in [-0.1, -0.05) is 0 Å². The van der Waals surface area contributed by atoms with Gasteiger partial charge in [0.2, 0.25) is 0 Å². The van der Waals surface area contributed by atoms with Crippen molar-refractivity contribution in [3.05, 3.63) is 20.3 Å². The van der Waals surface area contributed by atoms with E-state index in [0.717, 1.165) is 13.0 Å². The van der Waals surface area contributed by atoms with Crippen LogP contribution in [0.3, 0.4) is 0 Å². The maximum Gasteiger partial charge on any atom is 0.305 e. The van der Waals surface area contributed by atoms with Crippen molar-refractivity contribution in [1.82, 2.24) is 5.32 Å². The fourth-order valence-electron chi connectivity index (χ4n) is 2.48. The molecule has 1 aliphatic carbocycles. The predicted octanol–water partition coefficient (Wildman–Crippen LogP) is 3.82. The SMILES string of the molecule is CCOC(=O)CCCNC1CCCc2sc(Br)cc21. The molecule has 5 heteroatoms. The number of thiophene rings is 1. The number of carbonyl (C=O) groups is 1. The highest BCUT2D eigenvalue weighted by Crippen LogP contribution is 2.37. The van der Waals surface area contributed by atoms with Gasteiger partial charge in [-0.2, -0.15) is 0 Å². The summed E-state index contributed by atoms with van der Waals surface area (Å²) in [5, 5.41) is 3.57. The van der Waals surface area contributed by atoms with E-state index >= 15 is 0 Å². The Morgan fingerprint density at radius 3 is 3.26 bits per heavy atom. The molecule has 1 aromatic heterocycles. The average molecular weight is 346 g/mol. The molecule has 0 bridgehead atoms. The Balaban J connectivity index is 1.76. The van der Waals surface area contributed by atoms with E-state index in [2.05, 4.69) is 27.3 Å². The van der Waals surface area contributed by atoms with Crippen LogP contribution in [-0.4, -0.2) is 19.1 Å². The van der Waals surface area contributed by atoms with Crippen LogP contribution in [0.5, 0.6) is 0 Å². The molecule has 1 atom stereocenters. The van der Waals surface area contributed by atoms with Crippen molar-refractivity contribution in [2.45, 2.75) is 45.1 Å². The molecule has 0 spiro atoms. The minimum atomic E-state index is -0.0908. The van der Waals surface area contributed by atoms with E-state index in [9.17, 15) is 4.79 Å². The number of fused-ring (bicyclic) bond motifs is 1. The summed E-state index contributed by atoms with van der Waals surface area (Å²) in [7, 11) is 0. The molecule has 1 N–H and O–H groups in total. The topological polar surface area (TPSA) is 38.3 Å². The number of rotatable bonds is 6. The Hall–Kier alpha value is -0.390.